The number of esters is 1. The fourth-order valence-corrected chi connectivity index (χ4v) is 2.54. The number of rotatable bonds is 3. The predicted molar refractivity (Wildman–Crippen MR) is 74.8 cm³/mol. The second-order valence-corrected chi connectivity index (χ2v) is 4.94. The third-order valence-corrected chi connectivity index (χ3v) is 3.26. The molecule has 2 rings (SSSR count). The van der Waals surface area contributed by atoms with E-state index in [2.05, 4.69) is 26.3 Å². The number of nitrogens with one attached hydrogen (secondary N) is 1. The molecule has 1 aromatic carbocycles. The molecule has 0 aliphatic carbocycles. The van der Waals surface area contributed by atoms with E-state index in [4.69, 9.17) is 4.74 Å². The van der Waals surface area contributed by atoms with E-state index in [1.165, 1.54) is 0 Å². The summed E-state index contributed by atoms with van der Waals surface area (Å²) in [7, 11) is 0. The molecule has 5 heteroatoms. The number of carbonyl (C=O) groups is 1. The molecule has 1 heterocycles. The van der Waals surface area contributed by atoms with Gasteiger partial charge >= 0.3 is 120 Å². The zero-order valence-corrected chi connectivity index (χ0v) is 12.6. The fraction of sp³-hybridized carbons (Fsp3) is 0.286. The van der Waals surface area contributed by atoms with Crippen LogP contribution in [0, 0.1) is 0 Å². The van der Waals surface area contributed by atoms with Crippen LogP contribution >= 0.6 is 0 Å². The van der Waals surface area contributed by atoms with Crippen LogP contribution in [0.1, 0.15) is 25.5 Å². The van der Waals surface area contributed by atoms with Gasteiger partial charge in [-0.2, -0.15) is 0 Å². The zero-order valence-electron chi connectivity index (χ0n) is 10.8. The third kappa shape index (κ3) is 3.06. The number of hydrogen-bond donors (Lipinski definition) is 1. The molecular formula is C14H15N2O2Se. The van der Waals surface area contributed by atoms with E-state index in [-0.39, 0.29) is 12.0 Å². The second kappa shape index (κ2) is 6.04. The SMILES string of the molecule is CCOC(=O)C1=C(C)NC([Se])=NC1c1ccccc1. The number of hydrogen-bond acceptors (Lipinski definition) is 4. The van der Waals surface area contributed by atoms with Crippen molar-refractivity contribution in [3.8, 4) is 0 Å². The molecule has 1 aliphatic rings. The van der Waals surface area contributed by atoms with Crippen LogP contribution in [-0.4, -0.2) is 33.3 Å². The quantitative estimate of drug-likeness (QED) is 0.681. The molecule has 19 heavy (non-hydrogen) atoms. The Hall–Kier alpha value is -1.58. The molecule has 1 aliphatic heterocycles. The van der Waals surface area contributed by atoms with Gasteiger partial charge in [-0.3, -0.25) is 0 Å². The van der Waals surface area contributed by atoms with Crippen molar-refractivity contribution in [3.05, 3.63) is 47.2 Å². The van der Waals surface area contributed by atoms with Gasteiger partial charge in [0.25, 0.3) is 0 Å². The monoisotopic (exact) mass is 323 g/mol. The minimum atomic E-state index is -0.322. The molecule has 0 amide bonds. The Bertz CT molecular complexity index is 538. The maximum absolute atomic E-state index is 12.1. The Balaban J connectivity index is 2.42. The van der Waals surface area contributed by atoms with Gasteiger partial charge in [-0.1, -0.05) is 0 Å². The summed E-state index contributed by atoms with van der Waals surface area (Å²) in [6.45, 7) is 4.00. The van der Waals surface area contributed by atoms with E-state index in [0.717, 1.165) is 11.3 Å². The molecule has 0 fully saturated rings. The summed E-state index contributed by atoms with van der Waals surface area (Å²) >= 11 is 2.85. The maximum atomic E-state index is 12.1. The molecule has 1 aromatic rings. The summed E-state index contributed by atoms with van der Waals surface area (Å²) in [5.41, 5.74) is 2.31. The van der Waals surface area contributed by atoms with Gasteiger partial charge in [-0.25, -0.2) is 0 Å². The fourth-order valence-electron chi connectivity index (χ4n) is 2.00. The average Bonchev–Trinajstić information content (AvgIpc) is 2.39. The van der Waals surface area contributed by atoms with Gasteiger partial charge in [0, 0.05) is 0 Å². The first-order valence-corrected chi connectivity index (χ1v) is 6.93. The van der Waals surface area contributed by atoms with E-state index >= 15 is 0 Å². The normalized spacial score (nSPS) is 18.6. The van der Waals surface area contributed by atoms with E-state index in [1.54, 1.807) is 6.92 Å². The number of nitrogens with zero attached hydrogens (tertiary/aromatic N) is 1. The number of ether oxygens (including phenoxy) is 1. The molecule has 99 valence electrons. The number of amidine groups is 1. The zero-order chi connectivity index (χ0) is 13.8. The molecule has 1 radical (unpaired) electrons. The van der Waals surface area contributed by atoms with Crippen LogP contribution in [0.4, 0.5) is 0 Å². The average molecular weight is 322 g/mol. The van der Waals surface area contributed by atoms with Crippen molar-refractivity contribution in [1.82, 2.24) is 5.32 Å². The molecule has 0 saturated heterocycles. The summed E-state index contributed by atoms with van der Waals surface area (Å²) in [6.07, 6.45) is 0. The van der Waals surface area contributed by atoms with Crippen molar-refractivity contribution in [1.29, 1.82) is 0 Å². The molecule has 0 aromatic heterocycles. The molecule has 1 N–H and O–H groups in total. The minimum absolute atomic E-state index is 0.322. The van der Waals surface area contributed by atoms with E-state index < -0.39 is 0 Å². The van der Waals surface area contributed by atoms with Gasteiger partial charge < -0.3 is 0 Å². The summed E-state index contributed by atoms with van der Waals surface area (Å²) in [4.78, 5) is 16.6. The summed E-state index contributed by atoms with van der Waals surface area (Å²) in [5, 5.41) is 3.04. The number of benzene rings is 1. The Labute approximate surface area is 120 Å². The molecular weight excluding hydrogens is 307 g/mol. The second-order valence-electron chi connectivity index (χ2n) is 4.13. The van der Waals surface area contributed by atoms with Gasteiger partial charge in [-0.05, 0) is 0 Å². The summed E-state index contributed by atoms with van der Waals surface area (Å²) in [5.74, 6) is -0.322. The van der Waals surface area contributed by atoms with Crippen molar-refractivity contribution in [2.45, 2.75) is 19.9 Å². The molecule has 1 atom stereocenters. The molecule has 0 saturated carbocycles. The van der Waals surface area contributed by atoms with Crippen LogP contribution < -0.4 is 5.32 Å². The van der Waals surface area contributed by atoms with Crippen LogP contribution in [0.2, 0.25) is 0 Å². The van der Waals surface area contributed by atoms with Gasteiger partial charge in [-0.15, -0.1) is 0 Å². The topological polar surface area (TPSA) is 50.7 Å². The number of aliphatic imine (C=N–C) groups is 1. The van der Waals surface area contributed by atoms with Crippen molar-refractivity contribution < 1.29 is 9.53 Å². The van der Waals surface area contributed by atoms with Crippen molar-refractivity contribution in [3.63, 3.8) is 0 Å². The standard InChI is InChI=1S/C14H15N2O2Se/c1-3-18-13(17)11-9(2)15-14(19)16-12(11)10-7-5-4-6-8-10/h4-8,12H,3H2,1-2H3,(H,15,16). The predicted octanol–water partition coefficient (Wildman–Crippen LogP) is 1.69. The molecule has 0 spiro atoms. The Kier molecular flexibility index (Phi) is 4.40. The van der Waals surface area contributed by atoms with Crippen molar-refractivity contribution >= 4 is 26.7 Å². The number of allylic oxidation sites excluding steroid dienone is 1. The molecule has 0 bridgehead atoms. The first kappa shape index (κ1) is 13.8. The first-order valence-electron chi connectivity index (χ1n) is 6.08. The summed E-state index contributed by atoms with van der Waals surface area (Å²) < 4.78 is 5.80. The van der Waals surface area contributed by atoms with E-state index in [9.17, 15) is 4.79 Å². The van der Waals surface area contributed by atoms with Crippen LogP contribution in [0.15, 0.2) is 46.6 Å². The third-order valence-electron chi connectivity index (χ3n) is 2.83. The van der Waals surface area contributed by atoms with Crippen molar-refractivity contribution in [2.75, 3.05) is 6.61 Å². The first-order chi connectivity index (χ1) is 9.13. The van der Waals surface area contributed by atoms with Crippen LogP contribution in [-0.2, 0) is 9.53 Å². The van der Waals surface area contributed by atoms with Gasteiger partial charge in [0.1, 0.15) is 0 Å². The van der Waals surface area contributed by atoms with Crippen LogP contribution in [0.25, 0.3) is 0 Å². The van der Waals surface area contributed by atoms with Gasteiger partial charge in [0.2, 0.25) is 0 Å². The van der Waals surface area contributed by atoms with E-state index in [1.807, 2.05) is 37.3 Å². The summed E-state index contributed by atoms with van der Waals surface area (Å²) in [6, 6.07) is 9.40. The molecule has 4 nitrogen and oxygen atoms in total. The van der Waals surface area contributed by atoms with Gasteiger partial charge in [0.05, 0.1) is 0 Å². The van der Waals surface area contributed by atoms with Crippen LogP contribution in [0.5, 0.6) is 0 Å². The van der Waals surface area contributed by atoms with E-state index in [0.29, 0.717) is 16.9 Å². The Morgan fingerprint density at radius 2 is 2.11 bits per heavy atom. The van der Waals surface area contributed by atoms with Crippen LogP contribution in [0.3, 0.4) is 0 Å². The Morgan fingerprint density at radius 1 is 1.42 bits per heavy atom. The number of carbonyl (C=O) groups excluding carboxylic acids is 1. The van der Waals surface area contributed by atoms with Crippen molar-refractivity contribution in [2.24, 2.45) is 4.99 Å². The van der Waals surface area contributed by atoms with Gasteiger partial charge in [0.15, 0.2) is 0 Å². The Morgan fingerprint density at radius 3 is 2.74 bits per heavy atom. The molecule has 1 unspecified atom stereocenters.